The number of amides is 2. The van der Waals surface area contributed by atoms with Crippen molar-refractivity contribution in [3.63, 3.8) is 0 Å². The number of hydrogen-bond donors (Lipinski definition) is 2. The van der Waals surface area contributed by atoms with Gasteiger partial charge in [0.05, 0.1) is 6.61 Å². The lowest BCUT2D eigenvalue weighted by molar-refractivity contribution is -0.123. The number of ether oxygens (including phenoxy) is 3. The van der Waals surface area contributed by atoms with Crippen molar-refractivity contribution in [2.75, 3.05) is 19.9 Å². The lowest BCUT2D eigenvalue weighted by Gasteiger charge is -2.30. The minimum Gasteiger partial charge on any atom is -0.454 e. The molecule has 3 heterocycles. The summed E-state index contributed by atoms with van der Waals surface area (Å²) in [4.78, 5) is 24.7. The van der Waals surface area contributed by atoms with Gasteiger partial charge in [-0.3, -0.25) is 9.59 Å². The summed E-state index contributed by atoms with van der Waals surface area (Å²) >= 11 is 0. The Kier molecular flexibility index (Phi) is 5.74. The highest BCUT2D eigenvalue weighted by atomic mass is 16.7. The van der Waals surface area contributed by atoms with Crippen LogP contribution in [0, 0.1) is 0 Å². The van der Waals surface area contributed by atoms with E-state index in [2.05, 4.69) is 22.8 Å². The fraction of sp³-hybridized carbons (Fsp3) is 0.440. The highest BCUT2D eigenvalue weighted by Crippen LogP contribution is 2.36. The molecule has 1 saturated heterocycles. The Morgan fingerprint density at radius 2 is 2.00 bits per heavy atom. The molecule has 1 fully saturated rings. The van der Waals surface area contributed by atoms with E-state index < -0.39 is 5.54 Å². The maximum absolute atomic E-state index is 12.7. The van der Waals surface area contributed by atoms with Crippen LogP contribution < -0.4 is 20.1 Å². The fourth-order valence-corrected chi connectivity index (χ4v) is 4.92. The van der Waals surface area contributed by atoms with Crippen LogP contribution in [0.2, 0.25) is 0 Å². The number of carbonyl (C=O) groups excluding carboxylic acids is 2. The molecule has 2 atom stereocenters. The molecule has 0 bridgehead atoms. The Bertz CT molecular complexity index is 1020. The van der Waals surface area contributed by atoms with Crippen LogP contribution in [0.5, 0.6) is 11.5 Å². The van der Waals surface area contributed by atoms with E-state index in [1.165, 1.54) is 5.56 Å². The number of fused-ring (bicyclic) bond motifs is 2. The average Bonchev–Trinajstić information content (AvgIpc) is 3.42. The van der Waals surface area contributed by atoms with Gasteiger partial charge in [0.2, 0.25) is 18.6 Å². The van der Waals surface area contributed by atoms with Gasteiger partial charge < -0.3 is 24.8 Å². The van der Waals surface area contributed by atoms with Crippen LogP contribution in [0.4, 0.5) is 0 Å². The molecule has 7 nitrogen and oxygen atoms in total. The highest BCUT2D eigenvalue weighted by Gasteiger charge is 2.38. The quantitative estimate of drug-likeness (QED) is 0.697. The molecule has 3 aliphatic heterocycles. The molecule has 32 heavy (non-hydrogen) atoms. The number of nitrogens with one attached hydrogen (secondary N) is 2. The smallest absolute Gasteiger partial charge is 0.231 e. The maximum atomic E-state index is 12.7. The van der Waals surface area contributed by atoms with E-state index in [-0.39, 0.29) is 24.7 Å². The third kappa shape index (κ3) is 4.43. The van der Waals surface area contributed by atoms with Crippen LogP contribution in [0.3, 0.4) is 0 Å². The third-order valence-corrected chi connectivity index (χ3v) is 6.62. The molecule has 0 aliphatic carbocycles. The van der Waals surface area contributed by atoms with Gasteiger partial charge in [-0.25, -0.2) is 0 Å². The third-order valence-electron chi connectivity index (χ3n) is 6.62. The van der Waals surface area contributed by atoms with Gasteiger partial charge in [0.25, 0.3) is 0 Å². The van der Waals surface area contributed by atoms with Crippen molar-refractivity contribution in [3.05, 3.63) is 59.2 Å². The standard InChI is InChI=1S/C25H28N2O5/c28-23(26-15-22-19-4-2-1-3-18(19)9-12-30-22)7-10-25(11-8-24(29)27-25)14-17-5-6-20-21(13-17)32-16-31-20/h1-6,13,22H,7-12,14-16H2,(H,26,28)(H,27,29)/t22-,25+/m0/s1. The molecule has 0 aromatic heterocycles. The average molecular weight is 437 g/mol. The number of rotatable bonds is 7. The predicted molar refractivity (Wildman–Crippen MR) is 117 cm³/mol. The van der Waals surface area contributed by atoms with Gasteiger partial charge in [-0.05, 0) is 54.5 Å². The topological polar surface area (TPSA) is 85.9 Å². The Morgan fingerprint density at radius 3 is 2.88 bits per heavy atom. The molecule has 0 spiro atoms. The maximum Gasteiger partial charge on any atom is 0.231 e. The van der Waals surface area contributed by atoms with Gasteiger partial charge >= 0.3 is 0 Å². The first kappa shape index (κ1) is 20.8. The first-order valence-electron chi connectivity index (χ1n) is 11.3. The molecule has 3 aliphatic rings. The van der Waals surface area contributed by atoms with E-state index in [4.69, 9.17) is 14.2 Å². The Balaban J connectivity index is 1.19. The second-order valence-electron chi connectivity index (χ2n) is 8.81. The van der Waals surface area contributed by atoms with Crippen molar-refractivity contribution in [3.8, 4) is 11.5 Å². The summed E-state index contributed by atoms with van der Waals surface area (Å²) in [5.74, 6) is 1.48. The van der Waals surface area contributed by atoms with Crippen molar-refractivity contribution in [2.24, 2.45) is 0 Å². The zero-order valence-electron chi connectivity index (χ0n) is 18.0. The van der Waals surface area contributed by atoms with Gasteiger partial charge in [-0.2, -0.15) is 0 Å². The SMILES string of the molecule is O=C(CC[C@]1(Cc2ccc3c(c2)OCO3)CCC(=O)N1)NC[C@@H]1OCCc2ccccc21. The normalized spacial score (nSPS) is 23.5. The van der Waals surface area contributed by atoms with E-state index in [0.29, 0.717) is 45.3 Å². The van der Waals surface area contributed by atoms with Crippen molar-refractivity contribution in [2.45, 2.75) is 50.2 Å². The summed E-state index contributed by atoms with van der Waals surface area (Å²) in [6, 6.07) is 14.1. The largest absolute Gasteiger partial charge is 0.454 e. The number of hydrogen-bond acceptors (Lipinski definition) is 5. The van der Waals surface area contributed by atoms with E-state index >= 15 is 0 Å². The second-order valence-corrected chi connectivity index (χ2v) is 8.81. The molecule has 2 aromatic rings. The van der Waals surface area contributed by atoms with Crippen LogP contribution in [0.25, 0.3) is 0 Å². The predicted octanol–water partition coefficient (Wildman–Crippen LogP) is 2.82. The molecule has 168 valence electrons. The summed E-state index contributed by atoms with van der Waals surface area (Å²) < 4.78 is 16.8. The molecule has 5 rings (SSSR count). The summed E-state index contributed by atoms with van der Waals surface area (Å²) in [5.41, 5.74) is 3.08. The van der Waals surface area contributed by atoms with Crippen LogP contribution in [-0.4, -0.2) is 37.3 Å². The molecule has 2 N–H and O–H groups in total. The molecule has 0 saturated carbocycles. The molecule has 2 aromatic carbocycles. The van der Waals surface area contributed by atoms with Gasteiger partial charge in [-0.1, -0.05) is 30.3 Å². The van der Waals surface area contributed by atoms with Crippen LogP contribution >= 0.6 is 0 Å². The van der Waals surface area contributed by atoms with Gasteiger partial charge in [0, 0.05) is 24.9 Å². The molecule has 0 radical (unpaired) electrons. The van der Waals surface area contributed by atoms with E-state index in [1.54, 1.807) is 0 Å². The summed E-state index contributed by atoms with van der Waals surface area (Å²) in [6.07, 6.45) is 3.58. The Labute approximate surface area is 187 Å². The van der Waals surface area contributed by atoms with Crippen molar-refractivity contribution < 1.29 is 23.8 Å². The van der Waals surface area contributed by atoms with E-state index in [1.807, 2.05) is 30.3 Å². The van der Waals surface area contributed by atoms with Gasteiger partial charge in [0.1, 0.15) is 6.10 Å². The van der Waals surface area contributed by atoms with E-state index in [0.717, 1.165) is 29.0 Å². The van der Waals surface area contributed by atoms with Gasteiger partial charge in [-0.15, -0.1) is 0 Å². The number of carbonyl (C=O) groups is 2. The van der Waals surface area contributed by atoms with Crippen molar-refractivity contribution in [1.82, 2.24) is 10.6 Å². The Morgan fingerprint density at radius 1 is 1.12 bits per heavy atom. The van der Waals surface area contributed by atoms with E-state index in [9.17, 15) is 9.59 Å². The van der Waals surface area contributed by atoms with Crippen molar-refractivity contribution in [1.29, 1.82) is 0 Å². The second kappa shape index (κ2) is 8.82. The monoisotopic (exact) mass is 436 g/mol. The molecule has 2 amide bonds. The first-order valence-corrected chi connectivity index (χ1v) is 11.3. The van der Waals surface area contributed by atoms with Crippen LogP contribution in [0.1, 0.15) is 48.5 Å². The fourth-order valence-electron chi connectivity index (χ4n) is 4.92. The Hall–Kier alpha value is -3.06. The molecule has 0 unspecified atom stereocenters. The molecular formula is C25H28N2O5. The first-order chi connectivity index (χ1) is 15.6. The lowest BCUT2D eigenvalue weighted by Crippen LogP contribution is -2.44. The summed E-state index contributed by atoms with van der Waals surface area (Å²) in [6.45, 7) is 1.36. The number of benzene rings is 2. The minimum atomic E-state index is -0.421. The zero-order chi connectivity index (χ0) is 22.0. The van der Waals surface area contributed by atoms with Crippen LogP contribution in [0.15, 0.2) is 42.5 Å². The zero-order valence-corrected chi connectivity index (χ0v) is 18.0. The summed E-state index contributed by atoms with van der Waals surface area (Å²) in [5, 5.41) is 6.17. The molecular weight excluding hydrogens is 408 g/mol. The van der Waals surface area contributed by atoms with Crippen molar-refractivity contribution >= 4 is 11.8 Å². The lowest BCUT2D eigenvalue weighted by atomic mass is 9.85. The summed E-state index contributed by atoms with van der Waals surface area (Å²) in [7, 11) is 0. The molecule has 7 heteroatoms. The highest BCUT2D eigenvalue weighted by molar-refractivity contribution is 5.80. The minimum absolute atomic E-state index is 0.0251. The van der Waals surface area contributed by atoms with Crippen LogP contribution in [-0.2, 0) is 27.2 Å². The van der Waals surface area contributed by atoms with Gasteiger partial charge in [0.15, 0.2) is 11.5 Å².